The van der Waals surface area contributed by atoms with Gasteiger partial charge in [0.1, 0.15) is 0 Å². The molecule has 3 heteroatoms. The minimum atomic E-state index is 0.203. The van der Waals surface area contributed by atoms with E-state index in [0.29, 0.717) is 5.92 Å². The summed E-state index contributed by atoms with van der Waals surface area (Å²) in [6.45, 7) is 10.9. The van der Waals surface area contributed by atoms with Gasteiger partial charge < -0.3 is 15.4 Å². The van der Waals surface area contributed by atoms with Crippen LogP contribution in [0.15, 0.2) is 0 Å². The van der Waals surface area contributed by atoms with Gasteiger partial charge in [0, 0.05) is 26.2 Å². The van der Waals surface area contributed by atoms with E-state index in [0.717, 1.165) is 19.7 Å². The Bertz CT molecular complexity index is 199. The fraction of sp³-hybridized carbons (Fsp3) is 1.00. The highest BCUT2D eigenvalue weighted by Gasteiger charge is 2.26. The van der Waals surface area contributed by atoms with Gasteiger partial charge in [-0.2, -0.15) is 0 Å². The largest absolute Gasteiger partial charge is 0.384 e. The second-order valence-corrected chi connectivity index (χ2v) is 6.20. The van der Waals surface area contributed by atoms with Crippen LogP contribution in [0.1, 0.15) is 33.6 Å². The minimum absolute atomic E-state index is 0.203. The molecule has 1 rings (SSSR count). The molecule has 0 amide bonds. The molecule has 0 aliphatic carbocycles. The smallest absolute Gasteiger partial charge is 0.0502 e. The van der Waals surface area contributed by atoms with E-state index >= 15 is 0 Å². The summed E-state index contributed by atoms with van der Waals surface area (Å²) in [7, 11) is 1.79. The number of nitrogens with two attached hydrogens (primary N) is 1. The second-order valence-electron chi connectivity index (χ2n) is 6.20. The summed E-state index contributed by atoms with van der Waals surface area (Å²) >= 11 is 0. The van der Waals surface area contributed by atoms with E-state index in [-0.39, 0.29) is 11.5 Å². The lowest BCUT2D eigenvalue weighted by Gasteiger charge is -2.37. The van der Waals surface area contributed by atoms with Gasteiger partial charge in [-0.1, -0.05) is 20.8 Å². The van der Waals surface area contributed by atoms with Crippen LogP contribution in [0.2, 0.25) is 0 Å². The van der Waals surface area contributed by atoms with Crippen LogP contribution in [0.3, 0.4) is 0 Å². The van der Waals surface area contributed by atoms with Crippen LogP contribution in [0, 0.1) is 11.3 Å². The third-order valence-corrected chi connectivity index (χ3v) is 3.57. The first-order chi connectivity index (χ1) is 7.43. The summed E-state index contributed by atoms with van der Waals surface area (Å²) in [6, 6.07) is 0.258. The lowest BCUT2D eigenvalue weighted by Crippen LogP contribution is -2.48. The molecule has 0 saturated carbocycles. The van der Waals surface area contributed by atoms with Gasteiger partial charge in [-0.25, -0.2) is 0 Å². The number of rotatable bonds is 4. The molecule has 16 heavy (non-hydrogen) atoms. The van der Waals surface area contributed by atoms with Gasteiger partial charge in [-0.15, -0.1) is 0 Å². The Morgan fingerprint density at radius 1 is 1.44 bits per heavy atom. The quantitative estimate of drug-likeness (QED) is 0.796. The molecular formula is C13H28N2O. The molecule has 0 bridgehead atoms. The molecule has 2 atom stereocenters. The number of hydrogen-bond acceptors (Lipinski definition) is 3. The topological polar surface area (TPSA) is 38.5 Å². The van der Waals surface area contributed by atoms with Crippen LogP contribution in [0.5, 0.6) is 0 Å². The van der Waals surface area contributed by atoms with Crippen LogP contribution in [0.25, 0.3) is 0 Å². The molecule has 1 aliphatic heterocycles. The predicted molar refractivity (Wildman–Crippen MR) is 68.5 cm³/mol. The average Bonchev–Trinajstić information content (AvgIpc) is 2.17. The van der Waals surface area contributed by atoms with Crippen molar-refractivity contribution in [1.82, 2.24) is 4.90 Å². The van der Waals surface area contributed by atoms with Crippen molar-refractivity contribution in [3.63, 3.8) is 0 Å². The lowest BCUT2D eigenvalue weighted by molar-refractivity contribution is 0.0802. The summed E-state index contributed by atoms with van der Waals surface area (Å²) in [5.41, 5.74) is 6.43. The Labute approximate surface area is 100 Å². The lowest BCUT2D eigenvalue weighted by atomic mass is 9.86. The summed E-state index contributed by atoms with van der Waals surface area (Å²) in [6.07, 6.45) is 2.58. The maximum atomic E-state index is 6.23. The van der Waals surface area contributed by atoms with E-state index in [4.69, 9.17) is 10.5 Å². The molecule has 1 heterocycles. The van der Waals surface area contributed by atoms with Gasteiger partial charge in [-0.05, 0) is 30.7 Å². The van der Waals surface area contributed by atoms with Crippen molar-refractivity contribution in [2.24, 2.45) is 17.1 Å². The van der Waals surface area contributed by atoms with Crippen LogP contribution in [-0.2, 0) is 4.74 Å². The molecule has 0 spiro atoms. The zero-order valence-electron chi connectivity index (χ0n) is 11.3. The van der Waals surface area contributed by atoms with E-state index in [1.165, 1.54) is 19.4 Å². The second kappa shape index (κ2) is 5.99. The average molecular weight is 228 g/mol. The van der Waals surface area contributed by atoms with Crippen LogP contribution >= 0.6 is 0 Å². The van der Waals surface area contributed by atoms with Gasteiger partial charge in [0.2, 0.25) is 0 Å². The Balaban J connectivity index is 2.37. The molecule has 0 aromatic rings. The van der Waals surface area contributed by atoms with E-state index in [2.05, 4.69) is 25.7 Å². The van der Waals surface area contributed by atoms with Crippen molar-refractivity contribution in [3.8, 4) is 0 Å². The van der Waals surface area contributed by atoms with Gasteiger partial charge in [0.05, 0.1) is 6.61 Å². The maximum Gasteiger partial charge on any atom is 0.0502 e. The van der Waals surface area contributed by atoms with Crippen LogP contribution in [0.4, 0.5) is 0 Å². The predicted octanol–water partition coefficient (Wildman–Crippen LogP) is 1.72. The Morgan fingerprint density at radius 2 is 2.12 bits per heavy atom. The number of nitrogens with zero attached hydrogens (tertiary/aromatic N) is 1. The molecule has 0 radical (unpaired) electrons. The van der Waals surface area contributed by atoms with E-state index in [1.807, 2.05) is 0 Å². The SMILES string of the molecule is COCC1CCCN(CC(N)C(C)(C)C)C1. The molecule has 0 aromatic heterocycles. The van der Waals surface area contributed by atoms with E-state index < -0.39 is 0 Å². The standard InChI is InChI=1S/C13H28N2O/c1-13(2,3)12(14)9-15-7-5-6-11(8-15)10-16-4/h11-12H,5-10,14H2,1-4H3. The van der Waals surface area contributed by atoms with Crippen molar-refractivity contribution < 1.29 is 4.74 Å². The Hall–Kier alpha value is -0.120. The zero-order chi connectivity index (χ0) is 12.2. The molecule has 3 nitrogen and oxygen atoms in total. The number of hydrogen-bond donors (Lipinski definition) is 1. The number of piperidine rings is 1. The maximum absolute atomic E-state index is 6.23. The number of ether oxygens (including phenoxy) is 1. The van der Waals surface area contributed by atoms with E-state index in [9.17, 15) is 0 Å². The van der Waals surface area contributed by atoms with Gasteiger partial charge in [-0.3, -0.25) is 0 Å². The third kappa shape index (κ3) is 4.40. The molecule has 96 valence electrons. The van der Waals surface area contributed by atoms with Crippen molar-refractivity contribution in [3.05, 3.63) is 0 Å². The van der Waals surface area contributed by atoms with Gasteiger partial charge in [0.15, 0.2) is 0 Å². The molecule has 2 N–H and O–H groups in total. The molecule has 0 aromatic carbocycles. The normalized spacial score (nSPS) is 25.7. The third-order valence-electron chi connectivity index (χ3n) is 3.57. The summed E-state index contributed by atoms with van der Waals surface area (Å²) < 4.78 is 5.24. The molecule has 1 fully saturated rings. The van der Waals surface area contributed by atoms with Gasteiger partial charge in [0.25, 0.3) is 0 Å². The fourth-order valence-electron chi connectivity index (χ4n) is 2.24. The highest BCUT2D eigenvalue weighted by molar-refractivity contribution is 4.82. The van der Waals surface area contributed by atoms with Crippen molar-refractivity contribution >= 4 is 0 Å². The number of methoxy groups -OCH3 is 1. The highest BCUT2D eigenvalue weighted by atomic mass is 16.5. The fourth-order valence-corrected chi connectivity index (χ4v) is 2.24. The molecule has 2 unspecified atom stereocenters. The summed E-state index contributed by atoms with van der Waals surface area (Å²) in [4.78, 5) is 2.50. The van der Waals surface area contributed by atoms with Crippen molar-refractivity contribution in [2.75, 3.05) is 33.4 Å². The highest BCUT2D eigenvalue weighted by Crippen LogP contribution is 2.21. The summed E-state index contributed by atoms with van der Waals surface area (Å²) in [5, 5.41) is 0. The first-order valence-electron chi connectivity index (χ1n) is 6.40. The van der Waals surface area contributed by atoms with Crippen molar-refractivity contribution in [1.29, 1.82) is 0 Å². The van der Waals surface area contributed by atoms with E-state index in [1.54, 1.807) is 7.11 Å². The van der Waals surface area contributed by atoms with Crippen LogP contribution < -0.4 is 5.73 Å². The Kier molecular flexibility index (Phi) is 5.22. The molecular weight excluding hydrogens is 200 g/mol. The van der Waals surface area contributed by atoms with Gasteiger partial charge >= 0.3 is 0 Å². The summed E-state index contributed by atoms with van der Waals surface area (Å²) in [5.74, 6) is 0.700. The molecule has 1 saturated heterocycles. The molecule has 1 aliphatic rings. The number of likely N-dealkylation sites (tertiary alicyclic amines) is 1. The first kappa shape index (κ1) is 13.9. The van der Waals surface area contributed by atoms with Crippen molar-refractivity contribution in [2.45, 2.75) is 39.7 Å². The Morgan fingerprint density at radius 3 is 2.69 bits per heavy atom. The minimum Gasteiger partial charge on any atom is -0.384 e. The van der Waals surface area contributed by atoms with Crippen LogP contribution in [-0.4, -0.2) is 44.3 Å². The first-order valence-corrected chi connectivity index (χ1v) is 6.40. The monoisotopic (exact) mass is 228 g/mol. The zero-order valence-corrected chi connectivity index (χ0v) is 11.3.